The first-order valence-electron chi connectivity index (χ1n) is 11.5. The summed E-state index contributed by atoms with van der Waals surface area (Å²) in [6, 6.07) is 13.0. The van der Waals surface area contributed by atoms with Crippen LogP contribution in [0.4, 0.5) is 0 Å². The van der Waals surface area contributed by atoms with Crippen LogP contribution in [-0.2, 0) is 18.9 Å². The number of fused-ring (bicyclic) bond motifs is 2. The van der Waals surface area contributed by atoms with Crippen LogP contribution in [0.25, 0.3) is 0 Å². The smallest absolute Gasteiger partial charge is 0.164 e. The van der Waals surface area contributed by atoms with E-state index in [1.54, 1.807) is 13.2 Å². The fourth-order valence-electron chi connectivity index (χ4n) is 3.02. The Morgan fingerprint density at radius 1 is 0.471 bits per heavy atom. The number of hydrogen-bond acceptors (Lipinski definition) is 9. The molecule has 0 fully saturated rings. The topological polar surface area (TPSA) is 83.1 Å². The molecule has 2 aromatic rings. The van der Waals surface area contributed by atoms with Crippen LogP contribution in [0.15, 0.2) is 42.5 Å². The Morgan fingerprint density at radius 3 is 1.29 bits per heavy atom. The molecule has 9 nitrogen and oxygen atoms in total. The van der Waals surface area contributed by atoms with Crippen LogP contribution in [-0.4, -0.2) is 86.4 Å². The van der Waals surface area contributed by atoms with Gasteiger partial charge in [0.25, 0.3) is 0 Å². The highest BCUT2D eigenvalue weighted by Crippen LogP contribution is 2.31. The largest absolute Gasteiger partial charge is 0.497 e. The number of para-hydroxylation sites is 2. The van der Waals surface area contributed by atoms with Crippen LogP contribution in [0.1, 0.15) is 0 Å². The number of hydrogen-bond donors (Lipinski definition) is 0. The van der Waals surface area contributed by atoms with Crippen LogP contribution in [0.2, 0.25) is 0 Å². The van der Waals surface area contributed by atoms with E-state index in [0.29, 0.717) is 108 Å². The Labute approximate surface area is 200 Å². The van der Waals surface area contributed by atoms with Crippen molar-refractivity contribution in [1.29, 1.82) is 0 Å². The van der Waals surface area contributed by atoms with Gasteiger partial charge in [-0.25, -0.2) is 0 Å². The lowest BCUT2D eigenvalue weighted by Crippen LogP contribution is -2.15. The summed E-state index contributed by atoms with van der Waals surface area (Å²) in [6.45, 7) is 5.19. The molecule has 0 radical (unpaired) electrons. The maximum atomic E-state index is 5.84. The van der Waals surface area contributed by atoms with E-state index in [9.17, 15) is 0 Å². The van der Waals surface area contributed by atoms with Crippen LogP contribution < -0.4 is 23.7 Å². The molecule has 1 aliphatic rings. The lowest BCUT2D eigenvalue weighted by atomic mass is 10.3. The van der Waals surface area contributed by atoms with Crippen molar-refractivity contribution >= 4 is 0 Å². The minimum atomic E-state index is 0.372. The van der Waals surface area contributed by atoms with Crippen molar-refractivity contribution in [2.45, 2.75) is 0 Å². The fourth-order valence-corrected chi connectivity index (χ4v) is 3.02. The van der Waals surface area contributed by atoms with Gasteiger partial charge in [0.2, 0.25) is 0 Å². The van der Waals surface area contributed by atoms with Gasteiger partial charge in [-0.15, -0.1) is 0 Å². The molecule has 188 valence electrons. The molecule has 34 heavy (non-hydrogen) atoms. The van der Waals surface area contributed by atoms with Crippen LogP contribution in [0.5, 0.6) is 28.7 Å². The predicted octanol–water partition coefficient (Wildman–Crippen LogP) is 2.99. The Morgan fingerprint density at radius 2 is 0.853 bits per heavy atom. The van der Waals surface area contributed by atoms with E-state index in [2.05, 4.69) is 0 Å². The summed E-state index contributed by atoms with van der Waals surface area (Å²) >= 11 is 0. The maximum absolute atomic E-state index is 5.84. The average molecular weight is 479 g/mol. The Kier molecular flexibility index (Phi) is 12.2. The van der Waals surface area contributed by atoms with Gasteiger partial charge in [-0.1, -0.05) is 12.1 Å². The van der Waals surface area contributed by atoms with E-state index in [1.165, 1.54) is 0 Å². The summed E-state index contributed by atoms with van der Waals surface area (Å²) in [7, 11) is 1.61. The molecule has 0 atom stereocenters. The lowest BCUT2D eigenvalue weighted by molar-refractivity contribution is 0.0223. The number of rotatable bonds is 1. The minimum absolute atomic E-state index is 0.372. The first-order valence-corrected chi connectivity index (χ1v) is 11.5. The summed E-state index contributed by atoms with van der Waals surface area (Å²) in [4.78, 5) is 0. The van der Waals surface area contributed by atoms with Crippen molar-refractivity contribution in [3.05, 3.63) is 42.5 Å². The highest BCUT2D eigenvalue weighted by Gasteiger charge is 2.08. The second kappa shape index (κ2) is 16.0. The van der Waals surface area contributed by atoms with Crippen LogP contribution in [0, 0.1) is 0 Å². The molecule has 2 aromatic carbocycles. The van der Waals surface area contributed by atoms with Gasteiger partial charge in [-0.2, -0.15) is 0 Å². The molecule has 0 spiro atoms. The molecular formula is C25H34O9. The third-order valence-electron chi connectivity index (χ3n) is 4.69. The maximum Gasteiger partial charge on any atom is 0.164 e. The molecule has 9 heteroatoms. The molecule has 0 N–H and O–H groups in total. The van der Waals surface area contributed by atoms with E-state index in [0.717, 1.165) is 0 Å². The predicted molar refractivity (Wildman–Crippen MR) is 125 cm³/mol. The zero-order valence-corrected chi connectivity index (χ0v) is 19.7. The normalized spacial score (nSPS) is 17.8. The van der Waals surface area contributed by atoms with Crippen LogP contribution >= 0.6 is 0 Å². The highest BCUT2D eigenvalue weighted by atomic mass is 16.6. The molecule has 0 aliphatic carbocycles. The van der Waals surface area contributed by atoms with Gasteiger partial charge >= 0.3 is 0 Å². The Balaban J connectivity index is 1.48. The third kappa shape index (κ3) is 9.64. The molecule has 0 bridgehead atoms. The molecule has 0 saturated heterocycles. The van der Waals surface area contributed by atoms with Crippen molar-refractivity contribution in [3.8, 4) is 28.7 Å². The fraction of sp³-hybridized carbons (Fsp3) is 0.520. The van der Waals surface area contributed by atoms with Gasteiger partial charge in [0.05, 0.1) is 60.0 Å². The summed E-state index contributed by atoms with van der Waals surface area (Å²) < 4.78 is 50.8. The van der Waals surface area contributed by atoms with Crippen molar-refractivity contribution < 1.29 is 42.6 Å². The zero-order valence-electron chi connectivity index (χ0n) is 19.7. The number of ether oxygens (including phenoxy) is 9. The van der Waals surface area contributed by atoms with Gasteiger partial charge in [0, 0.05) is 6.07 Å². The van der Waals surface area contributed by atoms with E-state index >= 15 is 0 Å². The molecule has 0 saturated carbocycles. The Hall–Kier alpha value is -2.72. The van der Waals surface area contributed by atoms with Crippen molar-refractivity contribution in [1.82, 2.24) is 0 Å². The van der Waals surface area contributed by atoms with Gasteiger partial charge < -0.3 is 42.6 Å². The van der Waals surface area contributed by atoms with Crippen molar-refractivity contribution in [2.24, 2.45) is 0 Å². The first kappa shape index (κ1) is 25.9. The molecule has 0 amide bonds. The number of benzene rings is 2. The monoisotopic (exact) mass is 478 g/mol. The van der Waals surface area contributed by atoms with Gasteiger partial charge in [0.15, 0.2) is 23.0 Å². The van der Waals surface area contributed by atoms with E-state index in [4.69, 9.17) is 42.6 Å². The molecular weight excluding hydrogens is 444 g/mol. The third-order valence-corrected chi connectivity index (χ3v) is 4.69. The van der Waals surface area contributed by atoms with Crippen molar-refractivity contribution in [3.63, 3.8) is 0 Å². The SMILES string of the molecule is COc1ccc2c(c1)OCCOCCOCCOc1ccccc1OCCOCCOCCO2. The van der Waals surface area contributed by atoms with Gasteiger partial charge in [0.1, 0.15) is 32.2 Å². The molecule has 1 heterocycles. The summed E-state index contributed by atoms with van der Waals surface area (Å²) in [5, 5.41) is 0. The number of methoxy groups -OCH3 is 1. The van der Waals surface area contributed by atoms with Crippen LogP contribution in [0.3, 0.4) is 0 Å². The molecule has 3 rings (SSSR count). The quantitative estimate of drug-likeness (QED) is 0.614. The molecule has 0 unspecified atom stereocenters. The first-order chi connectivity index (χ1) is 16.9. The zero-order chi connectivity index (χ0) is 23.7. The minimum Gasteiger partial charge on any atom is -0.497 e. The Bertz CT molecular complexity index is 815. The van der Waals surface area contributed by atoms with E-state index in [-0.39, 0.29) is 0 Å². The summed E-state index contributed by atoms with van der Waals surface area (Å²) in [5.74, 6) is 3.25. The lowest BCUT2D eigenvalue weighted by Gasteiger charge is -2.15. The van der Waals surface area contributed by atoms with Crippen molar-refractivity contribution in [2.75, 3.05) is 86.4 Å². The average Bonchev–Trinajstić information content (AvgIpc) is 2.87. The molecule has 0 aromatic heterocycles. The van der Waals surface area contributed by atoms with Gasteiger partial charge in [-0.3, -0.25) is 0 Å². The second-order valence-electron chi connectivity index (χ2n) is 7.10. The van der Waals surface area contributed by atoms with Gasteiger partial charge in [-0.05, 0) is 24.3 Å². The highest BCUT2D eigenvalue weighted by molar-refractivity contribution is 5.45. The van der Waals surface area contributed by atoms with E-state index in [1.807, 2.05) is 36.4 Å². The summed E-state index contributed by atoms with van der Waals surface area (Å²) in [5.41, 5.74) is 0. The summed E-state index contributed by atoms with van der Waals surface area (Å²) in [6.07, 6.45) is 0. The standard InChI is InChI=1S/C25H34O9/c1-26-21-6-7-24-25(20-21)34-19-15-30-11-10-28-13-17-32-23-5-3-2-4-22(23)31-16-12-27-8-9-29-14-18-33-24/h2-7,20H,8-19H2,1H3. The van der Waals surface area contributed by atoms with E-state index < -0.39 is 0 Å². The molecule has 1 aliphatic heterocycles. The second-order valence-corrected chi connectivity index (χ2v) is 7.10.